The third-order valence-electron chi connectivity index (χ3n) is 4.39. The van der Waals surface area contributed by atoms with Crippen molar-refractivity contribution in [1.82, 2.24) is 9.88 Å². The van der Waals surface area contributed by atoms with Gasteiger partial charge in [0.2, 0.25) is 0 Å². The number of fused-ring (bicyclic) bond motifs is 1. The second-order valence-corrected chi connectivity index (χ2v) is 5.94. The van der Waals surface area contributed by atoms with Crippen molar-refractivity contribution in [2.45, 2.75) is 26.8 Å². The molecule has 0 radical (unpaired) electrons. The molecule has 1 amide bonds. The van der Waals surface area contributed by atoms with Crippen LogP contribution in [0.5, 0.6) is 11.5 Å². The number of aromatic nitrogens is 1. The number of nitrogens with one attached hydrogen (secondary N) is 1. The normalized spacial score (nSPS) is 13.7. The molecule has 0 bridgehead atoms. The van der Waals surface area contributed by atoms with E-state index >= 15 is 0 Å². The molecule has 5 nitrogen and oxygen atoms in total. The van der Waals surface area contributed by atoms with Gasteiger partial charge in [0.15, 0.2) is 11.5 Å². The number of carbonyl (C=O) groups is 1. The van der Waals surface area contributed by atoms with Crippen LogP contribution in [0.4, 0.5) is 0 Å². The molecular weight excluding hydrogens is 292 g/mol. The lowest BCUT2D eigenvalue weighted by molar-refractivity contribution is 0.0734. The van der Waals surface area contributed by atoms with E-state index in [2.05, 4.69) is 4.98 Å². The summed E-state index contributed by atoms with van der Waals surface area (Å²) >= 11 is 0. The number of carbonyl (C=O) groups excluding carboxylic acids is 1. The largest absolute Gasteiger partial charge is 0.493 e. The van der Waals surface area contributed by atoms with E-state index in [1.807, 2.05) is 36.9 Å². The van der Waals surface area contributed by atoms with Gasteiger partial charge in [-0.25, -0.2) is 0 Å². The molecule has 0 saturated carbocycles. The Morgan fingerprint density at radius 3 is 2.30 bits per heavy atom. The third kappa shape index (κ3) is 2.79. The first-order chi connectivity index (χ1) is 11.0. The molecule has 0 saturated heterocycles. The molecule has 2 aromatic rings. The second kappa shape index (κ2) is 5.99. The Morgan fingerprint density at radius 2 is 1.74 bits per heavy atom. The maximum absolute atomic E-state index is 12.8. The number of rotatable bonds is 3. The van der Waals surface area contributed by atoms with Gasteiger partial charge in [0, 0.05) is 24.5 Å². The second-order valence-electron chi connectivity index (χ2n) is 5.94. The van der Waals surface area contributed by atoms with Crippen molar-refractivity contribution in [3.05, 3.63) is 46.3 Å². The molecular formula is C18H22N2O3. The number of hydrogen-bond acceptors (Lipinski definition) is 3. The summed E-state index contributed by atoms with van der Waals surface area (Å²) in [4.78, 5) is 17.9. The lowest BCUT2D eigenvalue weighted by Gasteiger charge is -2.29. The van der Waals surface area contributed by atoms with E-state index in [4.69, 9.17) is 9.47 Å². The summed E-state index contributed by atoms with van der Waals surface area (Å²) in [5, 5.41) is 0. The minimum atomic E-state index is 0.0762. The van der Waals surface area contributed by atoms with Crippen LogP contribution >= 0.6 is 0 Å². The van der Waals surface area contributed by atoms with Crippen molar-refractivity contribution in [1.29, 1.82) is 0 Å². The number of aryl methyl sites for hydroxylation is 2. The SMILES string of the molecule is COc1cc2c(cc1OC)CN(C(=O)c1cc(C)[nH]c1C)CC2. The Morgan fingerprint density at radius 1 is 1.09 bits per heavy atom. The molecule has 5 heteroatoms. The highest BCUT2D eigenvalue weighted by molar-refractivity contribution is 5.95. The molecule has 0 atom stereocenters. The average molecular weight is 314 g/mol. The Bertz CT molecular complexity index is 749. The number of benzene rings is 1. The van der Waals surface area contributed by atoms with E-state index in [9.17, 15) is 4.79 Å². The molecule has 3 rings (SSSR count). The number of hydrogen-bond donors (Lipinski definition) is 1. The summed E-state index contributed by atoms with van der Waals surface area (Å²) in [6.07, 6.45) is 0.823. The summed E-state index contributed by atoms with van der Waals surface area (Å²) in [7, 11) is 3.27. The smallest absolute Gasteiger partial charge is 0.255 e. The number of aromatic amines is 1. The predicted molar refractivity (Wildman–Crippen MR) is 88.3 cm³/mol. The van der Waals surface area contributed by atoms with Crippen LogP contribution in [0.15, 0.2) is 18.2 Å². The first-order valence-electron chi connectivity index (χ1n) is 7.72. The topological polar surface area (TPSA) is 54.6 Å². The molecule has 1 aliphatic rings. The lowest BCUT2D eigenvalue weighted by atomic mass is 9.98. The van der Waals surface area contributed by atoms with E-state index in [0.29, 0.717) is 18.8 Å². The molecule has 1 aliphatic heterocycles. The van der Waals surface area contributed by atoms with Crippen LogP contribution in [-0.2, 0) is 13.0 Å². The first kappa shape index (κ1) is 15.5. The van der Waals surface area contributed by atoms with Crippen LogP contribution in [0.25, 0.3) is 0 Å². The standard InChI is InChI=1S/C18H22N2O3/c1-11-7-15(12(2)19-11)18(21)20-6-5-13-8-16(22-3)17(23-4)9-14(13)10-20/h7-9,19H,5-6,10H2,1-4H3. The Kier molecular flexibility index (Phi) is 4.03. The van der Waals surface area contributed by atoms with Crippen LogP contribution in [0.2, 0.25) is 0 Å². The zero-order valence-corrected chi connectivity index (χ0v) is 14.0. The molecule has 1 N–H and O–H groups in total. The fourth-order valence-electron chi connectivity index (χ4n) is 3.17. The van der Waals surface area contributed by atoms with Gasteiger partial charge in [0.05, 0.1) is 19.8 Å². The summed E-state index contributed by atoms with van der Waals surface area (Å²) in [6.45, 7) is 5.21. The van der Waals surface area contributed by atoms with Crippen LogP contribution in [-0.4, -0.2) is 36.6 Å². The number of ether oxygens (including phenoxy) is 2. The summed E-state index contributed by atoms with van der Waals surface area (Å²) in [6, 6.07) is 5.91. The molecule has 1 aromatic heterocycles. The van der Waals surface area contributed by atoms with Crippen molar-refractivity contribution in [3.63, 3.8) is 0 Å². The number of methoxy groups -OCH3 is 2. The highest BCUT2D eigenvalue weighted by Gasteiger charge is 2.25. The predicted octanol–water partition coefficient (Wildman–Crippen LogP) is 2.85. The maximum atomic E-state index is 12.8. The minimum absolute atomic E-state index is 0.0762. The van der Waals surface area contributed by atoms with E-state index in [1.54, 1.807) is 14.2 Å². The van der Waals surface area contributed by atoms with Gasteiger partial charge in [-0.1, -0.05) is 0 Å². The highest BCUT2D eigenvalue weighted by atomic mass is 16.5. The van der Waals surface area contributed by atoms with Gasteiger partial charge in [-0.05, 0) is 49.6 Å². The minimum Gasteiger partial charge on any atom is -0.493 e. The Labute approximate surface area is 136 Å². The van der Waals surface area contributed by atoms with E-state index in [-0.39, 0.29) is 5.91 Å². The third-order valence-corrected chi connectivity index (χ3v) is 4.39. The van der Waals surface area contributed by atoms with Crippen LogP contribution in [0.3, 0.4) is 0 Å². The van der Waals surface area contributed by atoms with Gasteiger partial charge in [-0.15, -0.1) is 0 Å². The first-order valence-corrected chi connectivity index (χ1v) is 7.72. The van der Waals surface area contributed by atoms with Crippen LogP contribution in [0.1, 0.15) is 32.9 Å². The van der Waals surface area contributed by atoms with Gasteiger partial charge >= 0.3 is 0 Å². The molecule has 0 spiro atoms. The van der Waals surface area contributed by atoms with Gasteiger partial charge in [0.1, 0.15) is 0 Å². The summed E-state index contributed by atoms with van der Waals surface area (Å²) in [5.74, 6) is 1.52. The van der Waals surface area contributed by atoms with Crippen LogP contribution < -0.4 is 9.47 Å². The number of H-pyrrole nitrogens is 1. The highest BCUT2D eigenvalue weighted by Crippen LogP contribution is 2.33. The Balaban J connectivity index is 1.87. The van der Waals surface area contributed by atoms with Gasteiger partial charge in [-0.3, -0.25) is 4.79 Å². The van der Waals surface area contributed by atoms with Gasteiger partial charge < -0.3 is 19.4 Å². The van der Waals surface area contributed by atoms with E-state index in [0.717, 1.165) is 34.7 Å². The molecule has 0 fully saturated rings. The van der Waals surface area contributed by atoms with Crippen molar-refractivity contribution in [2.75, 3.05) is 20.8 Å². The fourth-order valence-corrected chi connectivity index (χ4v) is 3.17. The van der Waals surface area contributed by atoms with Crippen LogP contribution in [0, 0.1) is 13.8 Å². The quantitative estimate of drug-likeness (QED) is 0.948. The fraction of sp³-hybridized carbons (Fsp3) is 0.389. The zero-order valence-electron chi connectivity index (χ0n) is 14.0. The molecule has 23 heavy (non-hydrogen) atoms. The maximum Gasteiger partial charge on any atom is 0.255 e. The molecule has 0 unspecified atom stereocenters. The molecule has 0 aliphatic carbocycles. The molecule has 1 aromatic carbocycles. The number of amides is 1. The van der Waals surface area contributed by atoms with E-state index in [1.165, 1.54) is 5.56 Å². The van der Waals surface area contributed by atoms with E-state index < -0.39 is 0 Å². The lowest BCUT2D eigenvalue weighted by Crippen LogP contribution is -2.36. The summed E-state index contributed by atoms with van der Waals surface area (Å²) < 4.78 is 10.7. The van der Waals surface area contributed by atoms with Crippen molar-refractivity contribution >= 4 is 5.91 Å². The van der Waals surface area contributed by atoms with Crippen molar-refractivity contribution < 1.29 is 14.3 Å². The number of nitrogens with zero attached hydrogens (tertiary/aromatic N) is 1. The monoisotopic (exact) mass is 314 g/mol. The molecule has 122 valence electrons. The zero-order chi connectivity index (χ0) is 16.6. The Hall–Kier alpha value is -2.43. The average Bonchev–Trinajstić information content (AvgIpc) is 2.90. The van der Waals surface area contributed by atoms with Crippen molar-refractivity contribution in [3.8, 4) is 11.5 Å². The van der Waals surface area contributed by atoms with Gasteiger partial charge in [0.25, 0.3) is 5.91 Å². The van der Waals surface area contributed by atoms with Crippen molar-refractivity contribution in [2.24, 2.45) is 0 Å². The molecule has 2 heterocycles. The van der Waals surface area contributed by atoms with Gasteiger partial charge in [-0.2, -0.15) is 0 Å². The summed E-state index contributed by atoms with van der Waals surface area (Å²) in [5.41, 5.74) is 5.02.